The van der Waals surface area contributed by atoms with Crippen LogP contribution in [0, 0.1) is 23.5 Å². The molecule has 0 bridgehead atoms. The minimum absolute atomic E-state index is 0.0398. The number of hydrogen-bond donors (Lipinski definition) is 1. The van der Waals surface area contributed by atoms with Gasteiger partial charge in [-0.05, 0) is 72.7 Å². The highest BCUT2D eigenvalue weighted by atomic mass is 19.1. The number of carbonyl (C=O) groups excluding carboxylic acids is 2. The number of fused-ring (bicyclic) bond motifs is 1. The van der Waals surface area contributed by atoms with E-state index in [1.165, 1.54) is 12.1 Å². The van der Waals surface area contributed by atoms with Crippen LogP contribution in [0.5, 0.6) is 0 Å². The van der Waals surface area contributed by atoms with Gasteiger partial charge in [0, 0.05) is 36.5 Å². The first-order valence-corrected chi connectivity index (χ1v) is 13.3. The molecule has 2 aliphatic heterocycles. The second-order valence-corrected chi connectivity index (χ2v) is 11.2. The smallest absolute Gasteiger partial charge is 0.244 e. The first kappa shape index (κ1) is 22.8. The van der Waals surface area contributed by atoms with Crippen LogP contribution in [0.25, 0.3) is 21.9 Å². The van der Waals surface area contributed by atoms with Crippen LogP contribution in [0.3, 0.4) is 0 Å². The fourth-order valence-corrected chi connectivity index (χ4v) is 6.10. The number of nitrogens with zero attached hydrogens (tertiary/aromatic N) is 2. The van der Waals surface area contributed by atoms with Gasteiger partial charge in [-0.1, -0.05) is 36.4 Å². The van der Waals surface area contributed by atoms with Gasteiger partial charge in [0.25, 0.3) is 0 Å². The standard InChI is InChI=1S/C30H29F2N3O2/c31-25-3-1-2-19-4-7-21(14-24(19)25)22-8-9-23(26(32)15-22)27-33-30(11-12-30)29(37)35(27)17-18-10-13-34(16-18)28(36)20-5-6-20/h1-4,7-9,14-15,18,20,27,33H,5-6,10-13,16-17H2/t18-,27?/m1/s1. The van der Waals surface area contributed by atoms with Crippen molar-refractivity contribution in [2.75, 3.05) is 19.6 Å². The van der Waals surface area contributed by atoms with E-state index in [9.17, 15) is 14.0 Å². The third-order valence-corrected chi connectivity index (χ3v) is 8.58. The fraction of sp³-hybridized carbons (Fsp3) is 0.400. The maximum absolute atomic E-state index is 15.6. The summed E-state index contributed by atoms with van der Waals surface area (Å²) in [5.41, 5.74) is 1.26. The van der Waals surface area contributed by atoms with E-state index in [1.54, 1.807) is 23.1 Å². The summed E-state index contributed by atoms with van der Waals surface area (Å²) in [5, 5.41) is 4.73. The summed E-state index contributed by atoms with van der Waals surface area (Å²) >= 11 is 0. The van der Waals surface area contributed by atoms with Gasteiger partial charge in [-0.2, -0.15) is 0 Å². The zero-order chi connectivity index (χ0) is 25.3. The Balaban J connectivity index is 1.14. The molecule has 2 atom stereocenters. The largest absolute Gasteiger partial charge is 0.342 e. The number of halogens is 2. The van der Waals surface area contributed by atoms with Crippen molar-refractivity contribution in [1.29, 1.82) is 0 Å². The molecule has 3 aromatic carbocycles. The second kappa shape index (κ2) is 8.35. The van der Waals surface area contributed by atoms with Gasteiger partial charge in [-0.25, -0.2) is 8.78 Å². The topological polar surface area (TPSA) is 52.7 Å². The van der Waals surface area contributed by atoms with Crippen LogP contribution >= 0.6 is 0 Å². The maximum Gasteiger partial charge on any atom is 0.244 e. The molecule has 1 unspecified atom stereocenters. The Kier molecular flexibility index (Phi) is 5.15. The highest BCUT2D eigenvalue weighted by molar-refractivity contribution is 5.92. The van der Waals surface area contributed by atoms with Crippen LogP contribution in [-0.4, -0.2) is 46.8 Å². The van der Waals surface area contributed by atoms with E-state index < -0.39 is 17.5 Å². The van der Waals surface area contributed by atoms with Gasteiger partial charge < -0.3 is 9.80 Å². The molecule has 1 N–H and O–H groups in total. The fourth-order valence-electron chi connectivity index (χ4n) is 6.10. The van der Waals surface area contributed by atoms with Gasteiger partial charge in [0.05, 0.1) is 0 Å². The van der Waals surface area contributed by atoms with Crippen LogP contribution in [0.1, 0.15) is 43.8 Å². The van der Waals surface area contributed by atoms with E-state index in [1.807, 2.05) is 29.2 Å². The molecule has 4 fully saturated rings. The number of carbonyl (C=O) groups is 2. The molecule has 4 aliphatic rings. The Morgan fingerprint density at radius 2 is 1.76 bits per heavy atom. The van der Waals surface area contributed by atoms with Gasteiger partial charge >= 0.3 is 0 Å². The summed E-state index contributed by atoms with van der Waals surface area (Å²) < 4.78 is 30.0. The highest BCUT2D eigenvalue weighted by Gasteiger charge is 2.60. The lowest BCUT2D eigenvalue weighted by Gasteiger charge is -2.28. The van der Waals surface area contributed by atoms with Crippen LogP contribution in [-0.2, 0) is 9.59 Å². The maximum atomic E-state index is 15.6. The molecule has 2 saturated heterocycles. The van der Waals surface area contributed by atoms with E-state index in [0.29, 0.717) is 29.6 Å². The normalized spacial score (nSPS) is 24.4. The number of rotatable bonds is 5. The SMILES string of the molecule is O=C(C1CC1)N1CC[C@@H](CN2C(=O)C3(CC3)NC2c2ccc(-c3ccc4cccc(F)c4c3)cc2F)C1. The summed E-state index contributed by atoms with van der Waals surface area (Å²) in [4.78, 5) is 29.6. The van der Waals surface area contributed by atoms with Crippen LogP contribution < -0.4 is 5.32 Å². The van der Waals surface area contributed by atoms with E-state index in [4.69, 9.17) is 0 Å². The van der Waals surface area contributed by atoms with Gasteiger partial charge in [0.15, 0.2) is 0 Å². The number of nitrogens with one attached hydrogen (secondary N) is 1. The number of likely N-dealkylation sites (tertiary alicyclic amines) is 1. The summed E-state index contributed by atoms with van der Waals surface area (Å²) in [6, 6.07) is 15.5. The molecule has 2 aliphatic carbocycles. The Hall–Kier alpha value is -3.32. The summed E-state index contributed by atoms with van der Waals surface area (Å²) in [6.07, 6.45) is 3.83. The van der Waals surface area contributed by atoms with E-state index in [2.05, 4.69) is 5.32 Å². The highest BCUT2D eigenvalue weighted by Crippen LogP contribution is 2.47. The Labute approximate surface area is 214 Å². The molecule has 7 rings (SSSR count). The zero-order valence-corrected chi connectivity index (χ0v) is 20.6. The molecule has 5 nitrogen and oxygen atoms in total. The molecule has 7 heteroatoms. The number of amides is 2. The minimum Gasteiger partial charge on any atom is -0.342 e. The summed E-state index contributed by atoms with van der Waals surface area (Å²) in [6.45, 7) is 1.91. The van der Waals surface area contributed by atoms with Crippen molar-refractivity contribution in [1.82, 2.24) is 15.1 Å². The predicted molar refractivity (Wildman–Crippen MR) is 136 cm³/mol. The monoisotopic (exact) mass is 501 g/mol. The summed E-state index contributed by atoms with van der Waals surface area (Å²) in [5.74, 6) is -0.0182. The molecule has 3 aromatic rings. The van der Waals surface area contributed by atoms with Crippen molar-refractivity contribution >= 4 is 22.6 Å². The van der Waals surface area contributed by atoms with E-state index in [-0.39, 0.29) is 29.5 Å². The molecule has 1 spiro atoms. The van der Waals surface area contributed by atoms with Crippen molar-refractivity contribution in [3.8, 4) is 11.1 Å². The first-order chi connectivity index (χ1) is 17.9. The third kappa shape index (κ3) is 3.91. The molecule has 0 aromatic heterocycles. The van der Waals surface area contributed by atoms with E-state index in [0.717, 1.165) is 49.6 Å². The quantitative estimate of drug-likeness (QED) is 0.535. The third-order valence-electron chi connectivity index (χ3n) is 8.58. The van der Waals surface area contributed by atoms with Gasteiger partial charge in [0.2, 0.25) is 11.8 Å². The number of benzene rings is 3. The van der Waals surface area contributed by atoms with Crippen LogP contribution in [0.2, 0.25) is 0 Å². The molecular formula is C30H29F2N3O2. The lowest BCUT2D eigenvalue weighted by atomic mass is 9.99. The van der Waals surface area contributed by atoms with Gasteiger partial charge in [-0.15, -0.1) is 0 Å². The van der Waals surface area contributed by atoms with E-state index >= 15 is 4.39 Å². The zero-order valence-electron chi connectivity index (χ0n) is 20.6. The van der Waals surface area contributed by atoms with Crippen molar-refractivity contribution in [2.24, 2.45) is 11.8 Å². The number of hydrogen-bond acceptors (Lipinski definition) is 3. The van der Waals surface area contributed by atoms with Crippen molar-refractivity contribution in [2.45, 2.75) is 43.8 Å². The summed E-state index contributed by atoms with van der Waals surface area (Å²) in [7, 11) is 0. The van der Waals surface area contributed by atoms with Crippen molar-refractivity contribution in [3.63, 3.8) is 0 Å². The van der Waals surface area contributed by atoms with Crippen molar-refractivity contribution in [3.05, 3.63) is 71.8 Å². The molecule has 2 saturated carbocycles. The van der Waals surface area contributed by atoms with Crippen LogP contribution in [0.4, 0.5) is 8.78 Å². The molecule has 190 valence electrons. The molecule has 37 heavy (non-hydrogen) atoms. The van der Waals surface area contributed by atoms with Gasteiger partial charge in [0.1, 0.15) is 23.3 Å². The van der Waals surface area contributed by atoms with Crippen molar-refractivity contribution < 1.29 is 18.4 Å². The Bertz CT molecular complexity index is 1430. The Morgan fingerprint density at radius 1 is 0.973 bits per heavy atom. The molecule has 0 radical (unpaired) electrons. The predicted octanol–water partition coefficient (Wildman–Crippen LogP) is 5.01. The lowest BCUT2D eigenvalue weighted by molar-refractivity contribution is -0.131. The second-order valence-electron chi connectivity index (χ2n) is 11.2. The molecule has 2 heterocycles. The Morgan fingerprint density at radius 3 is 2.51 bits per heavy atom. The average molecular weight is 502 g/mol. The minimum atomic E-state index is -0.576. The first-order valence-electron chi connectivity index (χ1n) is 13.3. The van der Waals surface area contributed by atoms with Crippen LogP contribution in [0.15, 0.2) is 54.6 Å². The lowest BCUT2D eigenvalue weighted by Crippen LogP contribution is -2.37. The van der Waals surface area contributed by atoms with Gasteiger partial charge in [-0.3, -0.25) is 14.9 Å². The molecular weight excluding hydrogens is 472 g/mol. The average Bonchev–Trinajstić information content (AvgIpc) is 3.82. The molecule has 2 amide bonds.